The fourth-order valence-corrected chi connectivity index (χ4v) is 2.80. The van der Waals surface area contributed by atoms with Crippen LogP contribution in [0.15, 0.2) is 84.0 Å². The number of ether oxygens (including phenoxy) is 1. The average molecular weight is 407 g/mol. The molecular weight excluding hydrogens is 388 g/mol. The number of nitrogens with one attached hydrogen (secondary N) is 1. The highest BCUT2D eigenvalue weighted by Crippen LogP contribution is 2.19. The molecule has 0 radical (unpaired) electrons. The third kappa shape index (κ3) is 6.30. The number of carbonyl (C=O) groups excluding carboxylic acids is 2. The van der Waals surface area contributed by atoms with Crippen LogP contribution in [0.3, 0.4) is 0 Å². The summed E-state index contributed by atoms with van der Waals surface area (Å²) < 4.78 is 5.36. The molecule has 0 fully saturated rings. The number of hydrogen-bond donors (Lipinski definition) is 1. The van der Waals surface area contributed by atoms with Crippen LogP contribution in [0.2, 0.25) is 5.02 Å². The highest BCUT2D eigenvalue weighted by molar-refractivity contribution is 6.33. The Bertz CT molecular complexity index is 1020. The molecular formula is C23H19ClN2O3. The van der Waals surface area contributed by atoms with Crippen molar-refractivity contribution in [3.05, 3.63) is 101 Å². The van der Waals surface area contributed by atoms with Gasteiger partial charge in [0, 0.05) is 6.42 Å². The topological polar surface area (TPSA) is 67.8 Å². The summed E-state index contributed by atoms with van der Waals surface area (Å²) in [6.45, 7) is 0. The second-order valence-electron chi connectivity index (χ2n) is 6.22. The van der Waals surface area contributed by atoms with Gasteiger partial charge in [0.25, 0.3) is 0 Å². The molecule has 1 N–H and O–H groups in total. The Morgan fingerprint density at radius 2 is 1.72 bits per heavy atom. The first kappa shape index (κ1) is 20.3. The van der Waals surface area contributed by atoms with Crippen LogP contribution in [0.1, 0.15) is 27.9 Å². The SMILES string of the molecule is O=C(CCc1ccccc1)N/N=C/c1cccc(OC(=O)c2ccccc2Cl)c1. The molecule has 6 heteroatoms. The molecule has 3 aromatic rings. The van der Waals surface area contributed by atoms with Crippen LogP contribution in [0.4, 0.5) is 0 Å². The molecule has 3 aromatic carbocycles. The monoisotopic (exact) mass is 406 g/mol. The lowest BCUT2D eigenvalue weighted by Crippen LogP contribution is -2.17. The van der Waals surface area contributed by atoms with Crippen molar-refractivity contribution in [2.75, 3.05) is 0 Å². The standard InChI is InChI=1S/C23H19ClN2O3/c24-21-12-5-4-11-20(21)23(28)29-19-10-6-9-18(15-19)16-25-26-22(27)14-13-17-7-2-1-3-8-17/h1-12,15-16H,13-14H2,(H,26,27)/b25-16+. The number of hydrogen-bond acceptors (Lipinski definition) is 4. The van der Waals surface area contributed by atoms with Crippen LogP contribution in [-0.4, -0.2) is 18.1 Å². The summed E-state index contributed by atoms with van der Waals surface area (Å²) in [5, 5.41) is 4.29. The van der Waals surface area contributed by atoms with Gasteiger partial charge in [-0.05, 0) is 41.8 Å². The zero-order valence-electron chi connectivity index (χ0n) is 15.5. The molecule has 0 saturated carbocycles. The largest absolute Gasteiger partial charge is 0.423 e. The van der Waals surface area contributed by atoms with Crippen molar-refractivity contribution in [3.63, 3.8) is 0 Å². The van der Waals surface area contributed by atoms with E-state index in [2.05, 4.69) is 10.5 Å². The molecule has 0 atom stereocenters. The Morgan fingerprint density at radius 3 is 2.52 bits per heavy atom. The fourth-order valence-electron chi connectivity index (χ4n) is 2.58. The predicted molar refractivity (Wildman–Crippen MR) is 113 cm³/mol. The molecule has 0 aliphatic heterocycles. The number of carbonyl (C=O) groups is 2. The summed E-state index contributed by atoms with van der Waals surface area (Å²) in [6, 6.07) is 23.3. The second-order valence-corrected chi connectivity index (χ2v) is 6.63. The maximum Gasteiger partial charge on any atom is 0.345 e. The molecule has 3 rings (SSSR count). The van der Waals surface area contributed by atoms with Crippen molar-refractivity contribution in [2.45, 2.75) is 12.8 Å². The number of nitrogens with zero attached hydrogens (tertiary/aromatic N) is 1. The van der Waals surface area contributed by atoms with Crippen LogP contribution in [0.5, 0.6) is 5.75 Å². The summed E-state index contributed by atoms with van der Waals surface area (Å²) >= 11 is 6.02. The van der Waals surface area contributed by atoms with Gasteiger partial charge in [0.05, 0.1) is 16.8 Å². The van der Waals surface area contributed by atoms with E-state index in [9.17, 15) is 9.59 Å². The van der Waals surface area contributed by atoms with Gasteiger partial charge in [0.1, 0.15) is 5.75 Å². The number of rotatable bonds is 7. The minimum atomic E-state index is -0.543. The lowest BCUT2D eigenvalue weighted by Gasteiger charge is -2.06. The smallest absolute Gasteiger partial charge is 0.345 e. The van der Waals surface area contributed by atoms with Crippen LogP contribution in [0, 0.1) is 0 Å². The summed E-state index contributed by atoms with van der Waals surface area (Å²) in [4.78, 5) is 24.1. The summed E-state index contributed by atoms with van der Waals surface area (Å²) in [7, 11) is 0. The van der Waals surface area contributed by atoms with Crippen molar-refractivity contribution in [2.24, 2.45) is 5.10 Å². The third-order valence-corrected chi connectivity index (χ3v) is 4.38. The highest BCUT2D eigenvalue weighted by Gasteiger charge is 2.12. The van der Waals surface area contributed by atoms with Crippen LogP contribution in [0.25, 0.3) is 0 Å². The molecule has 0 aliphatic rings. The second kappa shape index (κ2) is 10.2. The van der Waals surface area contributed by atoms with Crippen molar-refractivity contribution < 1.29 is 14.3 Å². The minimum Gasteiger partial charge on any atom is -0.423 e. The maximum absolute atomic E-state index is 12.2. The van der Waals surface area contributed by atoms with Gasteiger partial charge in [-0.2, -0.15) is 5.10 Å². The fraction of sp³-hybridized carbons (Fsp3) is 0.0870. The van der Waals surface area contributed by atoms with E-state index in [-0.39, 0.29) is 5.91 Å². The molecule has 0 bridgehead atoms. The molecule has 0 spiro atoms. The van der Waals surface area contributed by atoms with Gasteiger partial charge in [-0.15, -0.1) is 0 Å². The van der Waals surface area contributed by atoms with Crippen LogP contribution in [-0.2, 0) is 11.2 Å². The first-order valence-electron chi connectivity index (χ1n) is 9.04. The molecule has 0 aromatic heterocycles. The lowest BCUT2D eigenvalue weighted by atomic mass is 10.1. The van der Waals surface area contributed by atoms with Crippen molar-refractivity contribution in [1.82, 2.24) is 5.43 Å². The Hall–Kier alpha value is -3.44. The van der Waals surface area contributed by atoms with Crippen LogP contribution < -0.4 is 10.2 Å². The number of benzene rings is 3. The molecule has 146 valence electrons. The zero-order chi connectivity index (χ0) is 20.5. The van der Waals surface area contributed by atoms with Gasteiger partial charge in [-0.1, -0.05) is 66.2 Å². The van der Waals surface area contributed by atoms with Gasteiger partial charge >= 0.3 is 5.97 Å². The van der Waals surface area contributed by atoms with E-state index in [1.54, 1.807) is 48.5 Å². The van der Waals surface area contributed by atoms with E-state index >= 15 is 0 Å². The lowest BCUT2D eigenvalue weighted by molar-refractivity contribution is -0.121. The molecule has 5 nitrogen and oxygen atoms in total. The Balaban J connectivity index is 1.53. The number of esters is 1. The van der Waals surface area contributed by atoms with Gasteiger partial charge in [0.15, 0.2) is 0 Å². The zero-order valence-corrected chi connectivity index (χ0v) is 16.3. The van der Waals surface area contributed by atoms with Crippen LogP contribution >= 0.6 is 11.6 Å². The number of amides is 1. The summed E-state index contributed by atoms with van der Waals surface area (Å²) in [5.74, 6) is -0.361. The van der Waals surface area contributed by atoms with Gasteiger partial charge in [-0.25, -0.2) is 10.2 Å². The van der Waals surface area contributed by atoms with E-state index in [0.717, 1.165) is 5.56 Å². The summed E-state index contributed by atoms with van der Waals surface area (Å²) in [5.41, 5.74) is 4.57. The normalized spacial score (nSPS) is 10.7. The van der Waals surface area contributed by atoms with E-state index in [1.807, 2.05) is 30.3 Å². The van der Waals surface area contributed by atoms with Crippen molar-refractivity contribution in [3.8, 4) is 5.75 Å². The van der Waals surface area contributed by atoms with E-state index < -0.39 is 5.97 Å². The minimum absolute atomic E-state index is 0.175. The number of aryl methyl sites for hydroxylation is 1. The first-order chi connectivity index (χ1) is 14.1. The third-order valence-electron chi connectivity index (χ3n) is 4.05. The quantitative estimate of drug-likeness (QED) is 0.269. The number of halogens is 1. The maximum atomic E-state index is 12.2. The van der Waals surface area contributed by atoms with Gasteiger partial charge < -0.3 is 4.74 Å². The Morgan fingerprint density at radius 1 is 0.966 bits per heavy atom. The Labute approximate surface area is 174 Å². The average Bonchev–Trinajstić information content (AvgIpc) is 2.73. The molecule has 0 saturated heterocycles. The van der Waals surface area contributed by atoms with E-state index in [1.165, 1.54) is 6.21 Å². The van der Waals surface area contributed by atoms with Crippen molar-refractivity contribution >= 4 is 29.7 Å². The van der Waals surface area contributed by atoms with E-state index in [0.29, 0.717) is 34.7 Å². The molecule has 1 amide bonds. The first-order valence-corrected chi connectivity index (χ1v) is 9.42. The van der Waals surface area contributed by atoms with Gasteiger partial charge in [-0.3, -0.25) is 4.79 Å². The summed E-state index contributed by atoms with van der Waals surface area (Å²) in [6.07, 6.45) is 2.49. The van der Waals surface area contributed by atoms with E-state index in [4.69, 9.17) is 16.3 Å². The highest BCUT2D eigenvalue weighted by atomic mass is 35.5. The van der Waals surface area contributed by atoms with Crippen molar-refractivity contribution in [1.29, 1.82) is 0 Å². The molecule has 0 unspecified atom stereocenters. The Kier molecular flexibility index (Phi) is 7.14. The van der Waals surface area contributed by atoms with Gasteiger partial charge in [0.2, 0.25) is 5.91 Å². The molecule has 0 heterocycles. The molecule has 0 aliphatic carbocycles. The number of hydrazone groups is 1. The predicted octanol–water partition coefficient (Wildman–Crippen LogP) is 4.64. The molecule has 29 heavy (non-hydrogen) atoms.